The molecular weight excluding hydrogens is 355 g/mol. The van der Waals surface area contributed by atoms with Crippen molar-refractivity contribution in [2.24, 2.45) is 0 Å². The predicted octanol–water partition coefficient (Wildman–Crippen LogP) is 2.16. The molecule has 0 saturated heterocycles. The van der Waals surface area contributed by atoms with Gasteiger partial charge in [0, 0.05) is 5.39 Å². The van der Waals surface area contributed by atoms with Gasteiger partial charge < -0.3 is 1.43 Å². The third-order valence-electron chi connectivity index (χ3n) is 4.00. The molecule has 0 spiro atoms. The van der Waals surface area contributed by atoms with Gasteiger partial charge in [0.05, 0.1) is 5.02 Å². The van der Waals surface area contributed by atoms with Crippen molar-refractivity contribution in [3.8, 4) is 0 Å². The molecule has 116 valence electrons. The van der Waals surface area contributed by atoms with Crippen molar-refractivity contribution in [1.82, 2.24) is 0 Å². The van der Waals surface area contributed by atoms with Crippen molar-refractivity contribution in [2.75, 3.05) is 0 Å². The Morgan fingerprint density at radius 2 is 1.33 bits per heavy atom. The van der Waals surface area contributed by atoms with Gasteiger partial charge in [0.1, 0.15) is 4.90 Å². The normalized spacial score (nSPS) is 11.8. The molecule has 0 radical (unpaired) electrons. The van der Waals surface area contributed by atoms with Crippen LogP contribution in [0.15, 0.2) is 65.6 Å². The first-order valence-corrected chi connectivity index (χ1v) is 8.77. The summed E-state index contributed by atoms with van der Waals surface area (Å²) in [6.07, 6.45) is 0. The average Bonchev–Trinajstić information content (AvgIpc) is 2.49. The molecule has 6 heteroatoms. The molecule has 0 amide bonds. The van der Waals surface area contributed by atoms with Gasteiger partial charge >= 0.3 is 29.6 Å². The van der Waals surface area contributed by atoms with Crippen LogP contribution in [-0.2, 0) is 10.1 Å². The third kappa shape index (κ3) is 2.94. The topological polar surface area (TPSA) is 54.4 Å². The van der Waals surface area contributed by atoms with Crippen molar-refractivity contribution in [2.45, 2.75) is 4.90 Å². The van der Waals surface area contributed by atoms with Gasteiger partial charge in [-0.2, -0.15) is 8.42 Å². The van der Waals surface area contributed by atoms with E-state index in [1.807, 2.05) is 36.4 Å². The molecule has 4 aromatic carbocycles. The number of halogens is 1. The SMILES string of the molecule is O=S(=O)(O)c1c(Cl)ccc2cc3cc4ccccc4cc3cc12.[H-].[Na+]. The summed E-state index contributed by atoms with van der Waals surface area (Å²) in [5.74, 6) is 0. The molecule has 0 aliphatic rings. The number of hydrogen-bond acceptors (Lipinski definition) is 2. The Morgan fingerprint density at radius 3 is 1.92 bits per heavy atom. The molecule has 3 nitrogen and oxygen atoms in total. The van der Waals surface area contributed by atoms with E-state index in [0.29, 0.717) is 10.8 Å². The van der Waals surface area contributed by atoms with Crippen molar-refractivity contribution in [3.63, 3.8) is 0 Å². The number of hydrogen-bond donors (Lipinski definition) is 1. The monoisotopic (exact) mass is 366 g/mol. The van der Waals surface area contributed by atoms with E-state index in [9.17, 15) is 13.0 Å². The Labute approximate surface area is 167 Å². The van der Waals surface area contributed by atoms with Gasteiger partial charge in [-0.3, -0.25) is 4.55 Å². The number of rotatable bonds is 1. The Balaban J connectivity index is 0.00000113. The van der Waals surface area contributed by atoms with Gasteiger partial charge in [-0.25, -0.2) is 0 Å². The van der Waals surface area contributed by atoms with Crippen LogP contribution >= 0.6 is 11.6 Å². The van der Waals surface area contributed by atoms with E-state index in [-0.39, 0.29) is 40.9 Å². The molecule has 1 N–H and O–H groups in total. The Morgan fingerprint density at radius 1 is 0.792 bits per heavy atom. The first-order chi connectivity index (χ1) is 10.9. The second-order valence-electron chi connectivity index (χ2n) is 5.47. The zero-order valence-electron chi connectivity index (χ0n) is 13.8. The Hall–Kier alpha value is -1.14. The largest absolute Gasteiger partial charge is 1.00 e. The van der Waals surface area contributed by atoms with Crippen LogP contribution < -0.4 is 29.6 Å². The van der Waals surface area contributed by atoms with Gasteiger partial charge in [0.15, 0.2) is 0 Å². The van der Waals surface area contributed by atoms with Crippen LogP contribution in [-0.4, -0.2) is 13.0 Å². The fraction of sp³-hybridized carbons (Fsp3) is 0. The van der Waals surface area contributed by atoms with E-state index in [1.165, 1.54) is 6.07 Å². The second kappa shape index (κ2) is 6.30. The fourth-order valence-electron chi connectivity index (χ4n) is 2.97. The van der Waals surface area contributed by atoms with Gasteiger partial charge in [-0.15, -0.1) is 0 Å². The van der Waals surface area contributed by atoms with Crippen molar-refractivity contribution in [1.29, 1.82) is 0 Å². The van der Waals surface area contributed by atoms with Crippen LogP contribution in [0.1, 0.15) is 1.43 Å². The Kier molecular flexibility index (Phi) is 4.64. The van der Waals surface area contributed by atoms with Crippen LogP contribution in [0.4, 0.5) is 0 Å². The molecule has 0 heterocycles. The summed E-state index contributed by atoms with van der Waals surface area (Å²) in [6.45, 7) is 0. The minimum atomic E-state index is -4.40. The molecule has 24 heavy (non-hydrogen) atoms. The van der Waals surface area contributed by atoms with E-state index in [4.69, 9.17) is 11.6 Å². The first-order valence-electron chi connectivity index (χ1n) is 6.96. The zero-order chi connectivity index (χ0) is 16.2. The number of fused-ring (bicyclic) bond motifs is 3. The molecule has 0 aromatic heterocycles. The van der Waals surface area contributed by atoms with E-state index >= 15 is 0 Å². The van der Waals surface area contributed by atoms with E-state index in [1.54, 1.807) is 12.1 Å². The Bertz CT molecular complexity index is 1210. The van der Waals surface area contributed by atoms with Gasteiger partial charge in [-0.1, -0.05) is 41.9 Å². The molecule has 0 atom stereocenters. The maximum absolute atomic E-state index is 11.7. The average molecular weight is 367 g/mol. The van der Waals surface area contributed by atoms with Gasteiger partial charge in [-0.05, 0) is 57.3 Å². The van der Waals surface area contributed by atoms with Crippen LogP contribution in [0.2, 0.25) is 5.02 Å². The maximum Gasteiger partial charge on any atom is 1.00 e. The second-order valence-corrected chi connectivity index (χ2v) is 7.24. The molecular formula is C18H12ClNaO3S. The quantitative estimate of drug-likeness (QED) is 0.319. The summed E-state index contributed by atoms with van der Waals surface area (Å²) in [7, 11) is -4.40. The zero-order valence-corrected chi connectivity index (χ0v) is 16.4. The summed E-state index contributed by atoms with van der Waals surface area (Å²) in [6, 6.07) is 18.9. The van der Waals surface area contributed by atoms with Crippen molar-refractivity contribution < 1.29 is 44.0 Å². The summed E-state index contributed by atoms with van der Waals surface area (Å²) in [4.78, 5) is -0.244. The van der Waals surface area contributed by atoms with E-state index in [2.05, 4.69) is 6.07 Å². The van der Waals surface area contributed by atoms with Gasteiger partial charge in [0.2, 0.25) is 0 Å². The smallest absolute Gasteiger partial charge is 1.00 e. The predicted molar refractivity (Wildman–Crippen MR) is 94.9 cm³/mol. The molecule has 4 aromatic rings. The summed E-state index contributed by atoms with van der Waals surface area (Å²) in [5, 5.41) is 5.22. The molecule has 0 aliphatic carbocycles. The van der Waals surface area contributed by atoms with Gasteiger partial charge in [0.25, 0.3) is 10.1 Å². The maximum atomic E-state index is 11.7. The molecule has 0 aliphatic heterocycles. The third-order valence-corrected chi connectivity index (χ3v) is 5.38. The van der Waals surface area contributed by atoms with Crippen LogP contribution in [0.5, 0.6) is 0 Å². The number of benzene rings is 4. The minimum absolute atomic E-state index is 0. The molecule has 0 unspecified atom stereocenters. The van der Waals surface area contributed by atoms with E-state index < -0.39 is 10.1 Å². The van der Waals surface area contributed by atoms with Crippen LogP contribution in [0.25, 0.3) is 32.3 Å². The van der Waals surface area contributed by atoms with Crippen LogP contribution in [0.3, 0.4) is 0 Å². The summed E-state index contributed by atoms with van der Waals surface area (Å²) in [5.41, 5.74) is 0. The molecule has 0 bridgehead atoms. The fourth-order valence-corrected chi connectivity index (χ4v) is 4.20. The molecule has 0 saturated carbocycles. The molecule has 0 fully saturated rings. The van der Waals surface area contributed by atoms with E-state index in [0.717, 1.165) is 21.5 Å². The minimum Gasteiger partial charge on any atom is -1.00 e. The van der Waals surface area contributed by atoms with Crippen LogP contribution in [0, 0.1) is 0 Å². The van der Waals surface area contributed by atoms with Crippen molar-refractivity contribution >= 4 is 54.0 Å². The summed E-state index contributed by atoms with van der Waals surface area (Å²) < 4.78 is 32.9. The first kappa shape index (κ1) is 17.7. The molecule has 4 rings (SSSR count). The van der Waals surface area contributed by atoms with Crippen molar-refractivity contribution in [3.05, 3.63) is 65.7 Å². The summed E-state index contributed by atoms with van der Waals surface area (Å²) >= 11 is 5.99. The standard InChI is InChI=1S/C18H11ClO3S.Na.H/c19-17-6-5-13-9-14-7-11-3-1-2-4-12(11)8-15(14)10-16(13)18(17)23(20,21)22;;/h1-10H,(H,20,21,22);;/q;+1;-1.